The van der Waals surface area contributed by atoms with E-state index in [4.69, 9.17) is 14.2 Å². The number of esters is 3. The Morgan fingerprint density at radius 1 is 0.244 bits per heavy atom. The molecule has 1 atom stereocenters. The number of hydrogen-bond donors (Lipinski definition) is 0. The molecule has 0 aliphatic heterocycles. The molecule has 0 saturated heterocycles. The summed E-state index contributed by atoms with van der Waals surface area (Å²) in [6.07, 6.45) is 90.0. The van der Waals surface area contributed by atoms with E-state index in [-0.39, 0.29) is 31.1 Å². The first-order valence-corrected chi connectivity index (χ1v) is 36.6. The summed E-state index contributed by atoms with van der Waals surface area (Å²) in [5.41, 5.74) is 0. The van der Waals surface area contributed by atoms with Crippen LogP contribution in [0.2, 0.25) is 0 Å². The van der Waals surface area contributed by atoms with Crippen LogP contribution in [0.5, 0.6) is 0 Å². The first-order valence-electron chi connectivity index (χ1n) is 36.6. The molecule has 0 bridgehead atoms. The molecule has 82 heavy (non-hydrogen) atoms. The van der Waals surface area contributed by atoms with Gasteiger partial charge in [0.2, 0.25) is 0 Å². The molecule has 0 aromatic carbocycles. The SMILES string of the molecule is CCCCCC/C=C\C/C=C\CCCCCCCCCC(=O)OCC(COC(=O)CCCCCCCCCCCCCCCCC/C=C\CCCCCCCCCC)OC(=O)CCCCCCCCCCC/C=C\CCCCCCCC. The van der Waals surface area contributed by atoms with Crippen molar-refractivity contribution in [1.82, 2.24) is 0 Å². The highest BCUT2D eigenvalue weighted by molar-refractivity contribution is 5.71. The van der Waals surface area contributed by atoms with Gasteiger partial charge >= 0.3 is 17.9 Å². The lowest BCUT2D eigenvalue weighted by Crippen LogP contribution is -2.30. The number of allylic oxidation sites excluding steroid dienone is 8. The fourth-order valence-electron chi connectivity index (χ4n) is 11.0. The van der Waals surface area contributed by atoms with E-state index < -0.39 is 6.10 Å². The zero-order valence-corrected chi connectivity index (χ0v) is 55.3. The third kappa shape index (κ3) is 68.2. The fourth-order valence-corrected chi connectivity index (χ4v) is 11.0. The van der Waals surface area contributed by atoms with Gasteiger partial charge in [-0.25, -0.2) is 0 Å². The number of unbranched alkanes of at least 4 members (excludes halogenated alkanes) is 49. The van der Waals surface area contributed by atoms with Crippen LogP contribution in [0, 0.1) is 0 Å². The number of carbonyl (C=O) groups is 3. The van der Waals surface area contributed by atoms with Crippen LogP contribution in [0.4, 0.5) is 0 Å². The normalized spacial score (nSPS) is 12.3. The molecule has 0 aliphatic rings. The topological polar surface area (TPSA) is 78.9 Å². The maximum atomic E-state index is 13.0. The van der Waals surface area contributed by atoms with E-state index in [0.717, 1.165) is 70.6 Å². The Balaban J connectivity index is 4.28. The van der Waals surface area contributed by atoms with E-state index in [1.807, 2.05) is 0 Å². The lowest BCUT2D eigenvalue weighted by molar-refractivity contribution is -0.167. The molecule has 0 fully saturated rings. The Morgan fingerprint density at radius 2 is 0.439 bits per heavy atom. The molecule has 0 heterocycles. The van der Waals surface area contributed by atoms with Crippen LogP contribution in [-0.4, -0.2) is 37.2 Å². The van der Waals surface area contributed by atoms with Crippen molar-refractivity contribution in [3.05, 3.63) is 48.6 Å². The minimum Gasteiger partial charge on any atom is -0.462 e. The van der Waals surface area contributed by atoms with Gasteiger partial charge in [0.05, 0.1) is 0 Å². The molecule has 0 spiro atoms. The van der Waals surface area contributed by atoms with Crippen molar-refractivity contribution in [1.29, 1.82) is 0 Å². The van der Waals surface area contributed by atoms with Gasteiger partial charge in [0.25, 0.3) is 0 Å². The molecule has 6 nitrogen and oxygen atoms in total. The number of carbonyl (C=O) groups excluding carboxylic acids is 3. The number of rotatable bonds is 68. The maximum Gasteiger partial charge on any atom is 0.306 e. The van der Waals surface area contributed by atoms with Crippen molar-refractivity contribution in [2.45, 2.75) is 406 Å². The van der Waals surface area contributed by atoms with E-state index in [1.54, 1.807) is 0 Å². The van der Waals surface area contributed by atoms with Crippen LogP contribution in [0.25, 0.3) is 0 Å². The second-order valence-corrected chi connectivity index (χ2v) is 24.8. The fraction of sp³-hybridized carbons (Fsp3) is 0.855. The van der Waals surface area contributed by atoms with Crippen molar-refractivity contribution in [2.24, 2.45) is 0 Å². The second kappa shape index (κ2) is 70.9. The average Bonchev–Trinajstić information content (AvgIpc) is 3.47. The van der Waals surface area contributed by atoms with E-state index >= 15 is 0 Å². The Bertz CT molecular complexity index is 1410. The molecule has 0 aromatic rings. The summed E-state index contributed by atoms with van der Waals surface area (Å²) in [4.78, 5) is 38.5. The zero-order chi connectivity index (χ0) is 59.2. The van der Waals surface area contributed by atoms with Gasteiger partial charge in [0, 0.05) is 19.3 Å². The van der Waals surface area contributed by atoms with Crippen molar-refractivity contribution in [3.8, 4) is 0 Å². The Hall–Kier alpha value is -2.63. The number of hydrogen-bond acceptors (Lipinski definition) is 6. The molecular formula is C76H140O6. The van der Waals surface area contributed by atoms with Gasteiger partial charge in [-0.1, -0.05) is 326 Å². The van der Waals surface area contributed by atoms with E-state index in [0.29, 0.717) is 19.3 Å². The number of ether oxygens (including phenoxy) is 3. The summed E-state index contributed by atoms with van der Waals surface area (Å²) in [6, 6.07) is 0. The third-order valence-corrected chi connectivity index (χ3v) is 16.5. The van der Waals surface area contributed by atoms with Gasteiger partial charge in [-0.15, -0.1) is 0 Å². The molecule has 0 radical (unpaired) electrons. The van der Waals surface area contributed by atoms with E-state index in [9.17, 15) is 14.4 Å². The van der Waals surface area contributed by atoms with Crippen molar-refractivity contribution in [3.63, 3.8) is 0 Å². The zero-order valence-electron chi connectivity index (χ0n) is 55.3. The summed E-state index contributed by atoms with van der Waals surface area (Å²) in [5, 5.41) is 0. The molecule has 0 amide bonds. The van der Waals surface area contributed by atoms with Gasteiger partial charge in [-0.05, 0) is 103 Å². The minimum atomic E-state index is -0.778. The minimum absolute atomic E-state index is 0.0727. The van der Waals surface area contributed by atoms with E-state index in [1.165, 1.54) is 289 Å². The largest absolute Gasteiger partial charge is 0.462 e. The molecule has 480 valence electrons. The van der Waals surface area contributed by atoms with Crippen molar-refractivity contribution < 1.29 is 28.6 Å². The molecule has 0 N–H and O–H groups in total. The third-order valence-electron chi connectivity index (χ3n) is 16.5. The summed E-state index contributed by atoms with van der Waals surface area (Å²) in [5.74, 6) is -0.855. The molecule has 0 aliphatic carbocycles. The summed E-state index contributed by atoms with van der Waals surface area (Å²) >= 11 is 0. The van der Waals surface area contributed by atoms with Gasteiger partial charge in [-0.3, -0.25) is 14.4 Å². The predicted molar refractivity (Wildman–Crippen MR) is 358 cm³/mol. The highest BCUT2D eigenvalue weighted by Gasteiger charge is 2.19. The highest BCUT2D eigenvalue weighted by Crippen LogP contribution is 2.18. The Kier molecular flexibility index (Phi) is 68.6. The van der Waals surface area contributed by atoms with Crippen LogP contribution >= 0.6 is 0 Å². The molecule has 6 heteroatoms. The molecule has 0 saturated carbocycles. The highest BCUT2D eigenvalue weighted by atomic mass is 16.6. The first-order chi connectivity index (χ1) is 40.5. The molecule has 0 aromatic heterocycles. The smallest absolute Gasteiger partial charge is 0.306 e. The predicted octanol–water partition coefficient (Wildman–Crippen LogP) is 25.3. The van der Waals surface area contributed by atoms with Crippen LogP contribution in [0.1, 0.15) is 400 Å². The Morgan fingerprint density at radius 3 is 0.695 bits per heavy atom. The lowest BCUT2D eigenvalue weighted by Gasteiger charge is -2.18. The quantitative estimate of drug-likeness (QED) is 0.0261. The maximum absolute atomic E-state index is 13.0. The lowest BCUT2D eigenvalue weighted by atomic mass is 10.0. The molecule has 1 unspecified atom stereocenters. The second-order valence-electron chi connectivity index (χ2n) is 24.8. The average molecular weight is 1150 g/mol. The van der Waals surface area contributed by atoms with Crippen LogP contribution in [-0.2, 0) is 28.6 Å². The first kappa shape index (κ1) is 79.4. The van der Waals surface area contributed by atoms with Gasteiger partial charge < -0.3 is 14.2 Å². The molecule has 0 rings (SSSR count). The van der Waals surface area contributed by atoms with Gasteiger partial charge in [-0.2, -0.15) is 0 Å². The summed E-state index contributed by atoms with van der Waals surface area (Å²) < 4.78 is 17.0. The van der Waals surface area contributed by atoms with Crippen LogP contribution in [0.3, 0.4) is 0 Å². The standard InChI is InChI=1S/C76H140O6/c1-4-7-10-13-16-19-22-25-28-31-34-35-36-37-38-39-40-41-43-45-48-51-54-57-60-63-66-69-75(78)81-72-73(71-80-74(77)68-65-62-59-56-53-50-47-44-33-30-27-24-21-18-15-12-9-6-3)82-76(79)70-67-64-61-58-55-52-49-46-42-32-29-26-23-20-17-14-11-8-5-2/h21,24,26,29-31,33-34,73H,4-20,22-23,25,27-28,32,35-72H2,1-3H3/b24-21-,29-26-,33-30-,34-31-. The van der Waals surface area contributed by atoms with Crippen LogP contribution in [0.15, 0.2) is 48.6 Å². The van der Waals surface area contributed by atoms with Crippen molar-refractivity contribution >= 4 is 17.9 Å². The molecular weight excluding hydrogens is 1010 g/mol. The van der Waals surface area contributed by atoms with Gasteiger partial charge in [0.1, 0.15) is 13.2 Å². The van der Waals surface area contributed by atoms with E-state index in [2.05, 4.69) is 69.4 Å². The Labute approximate surface area is 511 Å². The van der Waals surface area contributed by atoms with Gasteiger partial charge in [0.15, 0.2) is 6.10 Å². The van der Waals surface area contributed by atoms with Crippen molar-refractivity contribution in [2.75, 3.05) is 13.2 Å². The monoisotopic (exact) mass is 1150 g/mol. The summed E-state index contributed by atoms with van der Waals surface area (Å²) in [7, 11) is 0. The summed E-state index contributed by atoms with van der Waals surface area (Å²) in [6.45, 7) is 6.68. The van der Waals surface area contributed by atoms with Crippen LogP contribution < -0.4 is 0 Å².